The molecular formula is C9H21ClOSi. The minimum Gasteiger partial charge on any atom is -0.413 e. The van der Waals surface area contributed by atoms with Crippen molar-refractivity contribution < 1.29 is 4.43 Å². The molecule has 0 rings (SSSR count). The summed E-state index contributed by atoms with van der Waals surface area (Å²) in [6, 6.07) is 0. The molecular weight excluding hydrogens is 188 g/mol. The molecule has 74 valence electrons. The minimum absolute atomic E-state index is 0.188. The molecule has 0 spiro atoms. The van der Waals surface area contributed by atoms with Crippen LogP contribution in [-0.4, -0.2) is 20.3 Å². The molecule has 0 radical (unpaired) electrons. The molecule has 1 nitrogen and oxygen atoms in total. The third kappa shape index (κ3) is 3.46. The average Bonchev–Trinajstić information content (AvgIpc) is 1.84. The second kappa shape index (κ2) is 4.12. The first kappa shape index (κ1) is 12.5. The summed E-state index contributed by atoms with van der Waals surface area (Å²) in [6.45, 7) is 13.2. The van der Waals surface area contributed by atoms with Gasteiger partial charge in [0.25, 0.3) is 0 Å². The fraction of sp³-hybridized carbons (Fsp3) is 1.00. The Morgan fingerprint density at radius 2 is 1.75 bits per heavy atom. The first-order valence-electron chi connectivity index (χ1n) is 4.44. The van der Waals surface area contributed by atoms with E-state index in [9.17, 15) is 0 Å². The Morgan fingerprint density at radius 1 is 1.33 bits per heavy atom. The lowest BCUT2D eigenvalue weighted by Gasteiger charge is -2.38. The van der Waals surface area contributed by atoms with Gasteiger partial charge in [0.2, 0.25) is 0 Å². The van der Waals surface area contributed by atoms with E-state index in [-0.39, 0.29) is 11.1 Å². The summed E-state index contributed by atoms with van der Waals surface area (Å²) in [5.74, 6) is 0.590. The van der Waals surface area contributed by atoms with Crippen molar-refractivity contribution in [1.29, 1.82) is 0 Å². The molecule has 0 aromatic heterocycles. The van der Waals surface area contributed by atoms with Gasteiger partial charge in [0.15, 0.2) is 8.32 Å². The van der Waals surface area contributed by atoms with E-state index in [1.807, 2.05) is 6.92 Å². The summed E-state index contributed by atoms with van der Waals surface area (Å²) in [5.41, 5.74) is 0. The number of hydrogen-bond acceptors (Lipinski definition) is 1. The van der Waals surface area contributed by atoms with E-state index in [2.05, 4.69) is 33.9 Å². The van der Waals surface area contributed by atoms with Gasteiger partial charge < -0.3 is 4.43 Å². The van der Waals surface area contributed by atoms with Crippen LogP contribution in [0.2, 0.25) is 18.1 Å². The van der Waals surface area contributed by atoms with Crippen molar-refractivity contribution in [1.82, 2.24) is 0 Å². The standard InChI is InChI=1S/C9H21ClOSi/c1-8(7-10)11-12(5,6)9(2,3)4/h8H,7H2,1-6H3/t8-/m0/s1. The highest BCUT2D eigenvalue weighted by Gasteiger charge is 2.38. The summed E-state index contributed by atoms with van der Waals surface area (Å²) in [7, 11) is -1.57. The van der Waals surface area contributed by atoms with Gasteiger partial charge in [0.05, 0.1) is 6.10 Å². The van der Waals surface area contributed by atoms with Crippen LogP contribution in [0.25, 0.3) is 0 Å². The third-order valence-corrected chi connectivity index (χ3v) is 7.56. The molecule has 0 heterocycles. The normalized spacial score (nSPS) is 16.2. The lowest BCUT2D eigenvalue weighted by molar-refractivity contribution is 0.221. The Kier molecular flexibility index (Phi) is 4.28. The molecule has 3 heteroatoms. The molecule has 0 aliphatic carbocycles. The predicted octanol–water partition coefficient (Wildman–Crippen LogP) is 3.64. The van der Waals surface area contributed by atoms with Gasteiger partial charge in [-0.3, -0.25) is 0 Å². The number of rotatable bonds is 3. The molecule has 0 aliphatic heterocycles. The van der Waals surface area contributed by atoms with Crippen molar-refractivity contribution in [2.24, 2.45) is 0 Å². The molecule has 0 fully saturated rings. The number of halogens is 1. The zero-order valence-corrected chi connectivity index (χ0v) is 10.8. The van der Waals surface area contributed by atoms with Crippen molar-refractivity contribution in [3.63, 3.8) is 0 Å². The average molecular weight is 209 g/mol. The summed E-state index contributed by atoms with van der Waals surface area (Å²) >= 11 is 5.71. The van der Waals surface area contributed by atoms with Crippen molar-refractivity contribution in [2.45, 2.75) is 51.9 Å². The van der Waals surface area contributed by atoms with E-state index in [0.717, 1.165) is 0 Å². The molecule has 0 N–H and O–H groups in total. The summed E-state index contributed by atoms with van der Waals surface area (Å²) in [6.07, 6.45) is 0.188. The SMILES string of the molecule is C[C@@H](CCl)O[Si](C)(C)C(C)(C)C. The van der Waals surface area contributed by atoms with Gasteiger partial charge in [-0.15, -0.1) is 11.6 Å². The van der Waals surface area contributed by atoms with Crippen LogP contribution in [0.3, 0.4) is 0 Å². The molecule has 1 atom stereocenters. The maximum Gasteiger partial charge on any atom is 0.192 e. The fourth-order valence-electron chi connectivity index (χ4n) is 0.711. The van der Waals surface area contributed by atoms with Gasteiger partial charge in [-0.05, 0) is 25.1 Å². The fourth-order valence-corrected chi connectivity index (χ4v) is 2.32. The molecule has 0 saturated heterocycles. The summed E-state index contributed by atoms with van der Waals surface area (Å²) in [4.78, 5) is 0. The van der Waals surface area contributed by atoms with Crippen LogP contribution in [-0.2, 0) is 4.43 Å². The highest BCUT2D eigenvalue weighted by atomic mass is 35.5. The molecule has 0 aromatic rings. The highest BCUT2D eigenvalue weighted by Crippen LogP contribution is 2.37. The van der Waals surface area contributed by atoms with E-state index in [0.29, 0.717) is 5.88 Å². The number of alkyl halides is 1. The molecule has 0 unspecified atom stereocenters. The smallest absolute Gasteiger partial charge is 0.192 e. The van der Waals surface area contributed by atoms with Crippen LogP contribution in [0.4, 0.5) is 0 Å². The lowest BCUT2D eigenvalue weighted by Crippen LogP contribution is -2.43. The molecule has 0 aromatic carbocycles. The predicted molar refractivity (Wildman–Crippen MR) is 58.5 cm³/mol. The van der Waals surface area contributed by atoms with Gasteiger partial charge in [-0.1, -0.05) is 20.8 Å². The van der Waals surface area contributed by atoms with Gasteiger partial charge >= 0.3 is 0 Å². The molecule has 0 aliphatic rings. The van der Waals surface area contributed by atoms with E-state index in [1.165, 1.54) is 0 Å². The highest BCUT2D eigenvalue weighted by molar-refractivity contribution is 6.74. The van der Waals surface area contributed by atoms with Crippen LogP contribution in [0, 0.1) is 0 Å². The Hall–Kier alpha value is 0.467. The monoisotopic (exact) mass is 208 g/mol. The Balaban J connectivity index is 4.22. The van der Waals surface area contributed by atoms with E-state index in [1.54, 1.807) is 0 Å². The van der Waals surface area contributed by atoms with Crippen LogP contribution < -0.4 is 0 Å². The number of hydrogen-bond donors (Lipinski definition) is 0. The zero-order chi connectivity index (χ0) is 9.99. The van der Waals surface area contributed by atoms with E-state index >= 15 is 0 Å². The van der Waals surface area contributed by atoms with E-state index < -0.39 is 8.32 Å². The maximum absolute atomic E-state index is 5.96. The Morgan fingerprint density at radius 3 is 2.00 bits per heavy atom. The Bertz CT molecular complexity index is 140. The van der Waals surface area contributed by atoms with Crippen LogP contribution >= 0.6 is 11.6 Å². The van der Waals surface area contributed by atoms with Crippen LogP contribution in [0.5, 0.6) is 0 Å². The molecule has 0 bridgehead atoms. The lowest BCUT2D eigenvalue weighted by atomic mass is 10.2. The molecule has 0 saturated carbocycles. The molecule has 0 amide bonds. The topological polar surface area (TPSA) is 9.23 Å². The van der Waals surface area contributed by atoms with Gasteiger partial charge in [0, 0.05) is 5.88 Å². The van der Waals surface area contributed by atoms with Gasteiger partial charge in [-0.25, -0.2) is 0 Å². The van der Waals surface area contributed by atoms with E-state index in [4.69, 9.17) is 16.0 Å². The van der Waals surface area contributed by atoms with Crippen LogP contribution in [0.1, 0.15) is 27.7 Å². The van der Waals surface area contributed by atoms with Gasteiger partial charge in [-0.2, -0.15) is 0 Å². The van der Waals surface area contributed by atoms with Crippen molar-refractivity contribution in [3.05, 3.63) is 0 Å². The van der Waals surface area contributed by atoms with Crippen molar-refractivity contribution in [3.8, 4) is 0 Å². The summed E-state index contributed by atoms with van der Waals surface area (Å²) in [5, 5.41) is 0.285. The minimum atomic E-state index is -1.57. The first-order chi connectivity index (χ1) is 5.20. The van der Waals surface area contributed by atoms with Gasteiger partial charge in [0.1, 0.15) is 0 Å². The van der Waals surface area contributed by atoms with Crippen molar-refractivity contribution in [2.75, 3.05) is 5.88 Å². The summed E-state index contributed by atoms with van der Waals surface area (Å²) < 4.78 is 5.96. The van der Waals surface area contributed by atoms with Crippen molar-refractivity contribution >= 4 is 19.9 Å². The Labute approximate surface area is 82.6 Å². The quantitative estimate of drug-likeness (QED) is 0.509. The zero-order valence-electron chi connectivity index (χ0n) is 9.07. The second-order valence-electron chi connectivity index (χ2n) is 4.84. The largest absolute Gasteiger partial charge is 0.413 e. The first-order valence-corrected chi connectivity index (χ1v) is 7.89. The second-order valence-corrected chi connectivity index (χ2v) is 9.91. The van der Waals surface area contributed by atoms with Crippen LogP contribution in [0.15, 0.2) is 0 Å². The maximum atomic E-state index is 5.96. The molecule has 12 heavy (non-hydrogen) atoms. The third-order valence-electron chi connectivity index (χ3n) is 2.52.